The molecule has 0 radical (unpaired) electrons. The molecule has 2 heterocycles. The molecule has 0 bridgehead atoms. The summed E-state index contributed by atoms with van der Waals surface area (Å²) in [6.07, 6.45) is 1.92. The maximum absolute atomic E-state index is 12.7. The van der Waals surface area contributed by atoms with Crippen LogP contribution in [0.15, 0.2) is 58.2 Å². The molecule has 1 aliphatic heterocycles. The molecule has 0 fully saturated rings. The summed E-state index contributed by atoms with van der Waals surface area (Å²) in [6, 6.07) is 14.8. The van der Waals surface area contributed by atoms with Crippen LogP contribution in [-0.2, 0) is 6.42 Å². The van der Waals surface area contributed by atoms with Crippen LogP contribution in [0.1, 0.15) is 37.0 Å². The molecule has 0 saturated heterocycles. The maximum atomic E-state index is 12.7. The minimum atomic E-state index is -0.492. The lowest BCUT2D eigenvalue weighted by atomic mass is 9.99. The van der Waals surface area contributed by atoms with Crippen LogP contribution in [0.3, 0.4) is 0 Å². The Labute approximate surface area is 173 Å². The molecule has 144 valence electrons. The second kappa shape index (κ2) is 8.11. The number of thioether (sulfide) groups is 1. The predicted molar refractivity (Wildman–Crippen MR) is 115 cm³/mol. The van der Waals surface area contributed by atoms with Gasteiger partial charge in [-0.05, 0) is 60.4 Å². The summed E-state index contributed by atoms with van der Waals surface area (Å²) in [4.78, 5) is 13.8. The van der Waals surface area contributed by atoms with Crippen LogP contribution in [0.2, 0.25) is 5.02 Å². The van der Waals surface area contributed by atoms with Gasteiger partial charge in [-0.25, -0.2) is 0 Å². The van der Waals surface area contributed by atoms with Crippen LogP contribution in [0, 0.1) is 0 Å². The summed E-state index contributed by atoms with van der Waals surface area (Å²) in [5.74, 6) is 0.892. The third-order valence-corrected chi connectivity index (χ3v) is 6.24. The number of hydrogen-bond donors (Lipinski definition) is 1. The monoisotopic (exact) mass is 412 g/mol. The average Bonchev–Trinajstić information content (AvgIpc) is 2.86. The summed E-state index contributed by atoms with van der Waals surface area (Å²) >= 11 is 7.74. The van der Waals surface area contributed by atoms with E-state index in [1.54, 1.807) is 42.1 Å². The van der Waals surface area contributed by atoms with Gasteiger partial charge in [0.15, 0.2) is 0 Å². The highest BCUT2D eigenvalue weighted by atomic mass is 35.5. The average molecular weight is 413 g/mol. The van der Waals surface area contributed by atoms with Crippen molar-refractivity contribution in [3.05, 3.63) is 75.0 Å². The van der Waals surface area contributed by atoms with Gasteiger partial charge in [-0.2, -0.15) is 9.78 Å². The first-order chi connectivity index (χ1) is 13.6. The minimum absolute atomic E-state index is 0.156. The quantitative estimate of drug-likeness (QED) is 0.652. The Morgan fingerprint density at radius 2 is 2.00 bits per heavy atom. The van der Waals surface area contributed by atoms with Crippen LogP contribution >= 0.6 is 23.4 Å². The number of rotatable bonds is 4. The number of halogens is 1. The summed E-state index contributed by atoms with van der Waals surface area (Å²) < 4.78 is 1.42. The van der Waals surface area contributed by atoms with Gasteiger partial charge in [-0.1, -0.05) is 31.0 Å². The van der Waals surface area contributed by atoms with Crippen molar-refractivity contribution in [2.24, 2.45) is 0 Å². The molecule has 6 heteroatoms. The molecule has 1 aromatic heterocycles. The molecule has 3 aromatic rings. The van der Waals surface area contributed by atoms with Crippen LogP contribution in [0.5, 0.6) is 0 Å². The van der Waals surface area contributed by atoms with E-state index in [0.29, 0.717) is 10.7 Å². The van der Waals surface area contributed by atoms with Crippen molar-refractivity contribution in [1.82, 2.24) is 9.78 Å². The molecule has 1 aliphatic rings. The van der Waals surface area contributed by atoms with Gasteiger partial charge in [-0.15, -0.1) is 11.8 Å². The largest absolute Gasteiger partial charge is 0.388 e. The van der Waals surface area contributed by atoms with Crippen molar-refractivity contribution in [3.63, 3.8) is 0 Å². The standard InChI is InChI=1S/C22H21ClN2O2S/c1-2-3-19(26)14-4-9-20-18(12-14)22-15(10-11-28-20)13-21(27)25(24-22)17-7-5-16(23)6-8-17/h4-9,12-13,19,26H,2-3,10-11H2,1H3. The molecule has 4 nitrogen and oxygen atoms in total. The number of aromatic nitrogens is 2. The van der Waals surface area contributed by atoms with Gasteiger partial charge >= 0.3 is 0 Å². The van der Waals surface area contributed by atoms with Gasteiger partial charge < -0.3 is 5.11 Å². The van der Waals surface area contributed by atoms with E-state index in [9.17, 15) is 9.90 Å². The van der Waals surface area contributed by atoms with E-state index < -0.39 is 6.10 Å². The summed E-state index contributed by atoms with van der Waals surface area (Å²) in [7, 11) is 0. The predicted octanol–water partition coefficient (Wildman–Crippen LogP) is 5.03. The minimum Gasteiger partial charge on any atom is -0.388 e. The van der Waals surface area contributed by atoms with E-state index in [0.717, 1.165) is 52.3 Å². The van der Waals surface area contributed by atoms with Crippen molar-refractivity contribution in [2.75, 3.05) is 5.75 Å². The Morgan fingerprint density at radius 3 is 2.75 bits per heavy atom. The molecule has 0 amide bonds. The molecule has 0 spiro atoms. The fourth-order valence-electron chi connectivity index (χ4n) is 3.45. The Balaban J connectivity index is 1.88. The highest BCUT2D eigenvalue weighted by Gasteiger charge is 2.20. The summed E-state index contributed by atoms with van der Waals surface area (Å²) in [5, 5.41) is 15.8. The van der Waals surface area contributed by atoms with Crippen molar-refractivity contribution in [2.45, 2.75) is 37.2 Å². The Bertz CT molecular complexity index is 1060. The zero-order valence-electron chi connectivity index (χ0n) is 15.6. The van der Waals surface area contributed by atoms with Gasteiger partial charge in [0.1, 0.15) is 0 Å². The molecule has 0 aliphatic carbocycles. The fraction of sp³-hybridized carbons (Fsp3) is 0.273. The van der Waals surface area contributed by atoms with Gasteiger partial charge in [-0.3, -0.25) is 4.79 Å². The van der Waals surface area contributed by atoms with Crippen molar-refractivity contribution in [1.29, 1.82) is 0 Å². The van der Waals surface area contributed by atoms with Gasteiger partial charge in [0.2, 0.25) is 0 Å². The number of nitrogens with zero attached hydrogens (tertiary/aromatic N) is 2. The lowest BCUT2D eigenvalue weighted by Gasteiger charge is -2.15. The first-order valence-electron chi connectivity index (χ1n) is 9.41. The zero-order valence-corrected chi connectivity index (χ0v) is 17.1. The van der Waals surface area contributed by atoms with Crippen molar-refractivity contribution in [3.8, 4) is 16.9 Å². The third-order valence-electron chi connectivity index (χ3n) is 4.92. The van der Waals surface area contributed by atoms with Crippen LogP contribution in [-0.4, -0.2) is 20.6 Å². The first kappa shape index (κ1) is 19.2. The zero-order chi connectivity index (χ0) is 19.7. The van der Waals surface area contributed by atoms with Crippen molar-refractivity contribution < 1.29 is 5.11 Å². The Morgan fingerprint density at radius 1 is 1.21 bits per heavy atom. The fourth-order valence-corrected chi connectivity index (χ4v) is 4.60. The van der Waals surface area contributed by atoms with Gasteiger partial charge in [0.05, 0.1) is 17.5 Å². The van der Waals surface area contributed by atoms with Gasteiger partial charge in [0.25, 0.3) is 5.56 Å². The number of aryl methyl sites for hydroxylation is 1. The number of aliphatic hydroxyl groups excluding tert-OH is 1. The maximum Gasteiger partial charge on any atom is 0.271 e. The van der Waals surface area contributed by atoms with E-state index in [1.807, 2.05) is 12.1 Å². The molecular formula is C22H21ClN2O2S. The van der Waals surface area contributed by atoms with E-state index in [-0.39, 0.29) is 5.56 Å². The van der Waals surface area contributed by atoms with E-state index in [4.69, 9.17) is 16.7 Å². The molecule has 1 atom stereocenters. The second-order valence-corrected chi connectivity index (χ2v) is 8.48. The molecule has 0 saturated carbocycles. The molecule has 1 unspecified atom stereocenters. The molecule has 1 N–H and O–H groups in total. The molecule has 28 heavy (non-hydrogen) atoms. The van der Waals surface area contributed by atoms with Crippen molar-refractivity contribution >= 4 is 23.4 Å². The van der Waals surface area contributed by atoms with E-state index in [2.05, 4.69) is 13.0 Å². The van der Waals surface area contributed by atoms with Crippen LogP contribution < -0.4 is 5.56 Å². The lowest BCUT2D eigenvalue weighted by molar-refractivity contribution is 0.166. The number of fused-ring (bicyclic) bond motifs is 3. The molecular weight excluding hydrogens is 392 g/mol. The highest BCUT2D eigenvalue weighted by Crippen LogP contribution is 2.38. The molecule has 4 rings (SSSR count). The number of aliphatic hydroxyl groups is 1. The second-order valence-electron chi connectivity index (χ2n) is 6.90. The molecule has 2 aromatic carbocycles. The lowest BCUT2D eigenvalue weighted by Crippen LogP contribution is -2.22. The summed E-state index contributed by atoms with van der Waals surface area (Å²) in [6.45, 7) is 2.06. The smallest absolute Gasteiger partial charge is 0.271 e. The highest BCUT2D eigenvalue weighted by molar-refractivity contribution is 7.99. The van der Waals surface area contributed by atoms with Crippen LogP contribution in [0.25, 0.3) is 16.9 Å². The summed E-state index contributed by atoms with van der Waals surface area (Å²) in [5.41, 5.74) is 4.14. The Kier molecular flexibility index (Phi) is 5.58. The van der Waals surface area contributed by atoms with E-state index in [1.165, 1.54) is 4.68 Å². The Hall–Kier alpha value is -2.08. The topological polar surface area (TPSA) is 55.1 Å². The van der Waals surface area contributed by atoms with E-state index >= 15 is 0 Å². The first-order valence-corrected chi connectivity index (χ1v) is 10.8. The number of hydrogen-bond acceptors (Lipinski definition) is 4. The third kappa shape index (κ3) is 3.75. The van der Waals surface area contributed by atoms with Crippen LogP contribution in [0.4, 0.5) is 0 Å². The number of benzene rings is 2. The SMILES string of the molecule is CCCC(O)c1ccc2c(c1)-c1nn(-c3ccc(Cl)cc3)c(=O)cc1CCS2. The van der Waals surface area contributed by atoms with Gasteiger partial charge in [0, 0.05) is 27.3 Å². The normalized spacial score (nSPS) is 14.1.